The standard InChI is InChI=1S/C15H14ClN3O/c1-20-12-5-2-4-11(8-12)10-19-14(9-16)18-13-6-3-7-17-15(13)19/h2-8H,9-10H2,1H3. The van der Waals surface area contributed by atoms with Crippen molar-refractivity contribution in [2.45, 2.75) is 12.4 Å². The van der Waals surface area contributed by atoms with E-state index in [-0.39, 0.29) is 0 Å². The maximum Gasteiger partial charge on any atom is 0.160 e. The van der Waals surface area contributed by atoms with Crippen LogP contribution in [-0.4, -0.2) is 21.6 Å². The van der Waals surface area contributed by atoms with Crippen LogP contribution in [0.4, 0.5) is 0 Å². The van der Waals surface area contributed by atoms with Crippen molar-refractivity contribution in [1.82, 2.24) is 14.5 Å². The fourth-order valence-electron chi connectivity index (χ4n) is 2.23. The minimum absolute atomic E-state index is 0.361. The molecule has 0 saturated heterocycles. The molecule has 0 amide bonds. The van der Waals surface area contributed by atoms with Gasteiger partial charge >= 0.3 is 0 Å². The van der Waals surface area contributed by atoms with Crippen LogP contribution in [0.2, 0.25) is 0 Å². The molecular weight excluding hydrogens is 274 g/mol. The zero-order valence-electron chi connectivity index (χ0n) is 11.1. The fraction of sp³-hybridized carbons (Fsp3) is 0.200. The lowest BCUT2D eigenvalue weighted by Gasteiger charge is -2.08. The summed E-state index contributed by atoms with van der Waals surface area (Å²) in [5.74, 6) is 2.02. The minimum Gasteiger partial charge on any atom is -0.497 e. The summed E-state index contributed by atoms with van der Waals surface area (Å²) in [7, 11) is 1.66. The van der Waals surface area contributed by atoms with E-state index < -0.39 is 0 Å². The van der Waals surface area contributed by atoms with E-state index >= 15 is 0 Å². The second kappa shape index (κ2) is 5.51. The van der Waals surface area contributed by atoms with E-state index in [1.165, 1.54) is 0 Å². The van der Waals surface area contributed by atoms with Crippen molar-refractivity contribution < 1.29 is 4.74 Å². The topological polar surface area (TPSA) is 39.9 Å². The number of halogens is 1. The van der Waals surface area contributed by atoms with Gasteiger partial charge in [-0.15, -0.1) is 11.6 Å². The molecule has 0 aliphatic carbocycles. The van der Waals surface area contributed by atoms with Crippen molar-refractivity contribution >= 4 is 22.8 Å². The average molecular weight is 288 g/mol. The quantitative estimate of drug-likeness (QED) is 0.692. The van der Waals surface area contributed by atoms with Crippen LogP contribution >= 0.6 is 11.6 Å². The molecule has 2 aromatic heterocycles. The molecule has 0 spiro atoms. The van der Waals surface area contributed by atoms with Gasteiger partial charge in [0.2, 0.25) is 0 Å². The normalized spacial score (nSPS) is 10.9. The van der Waals surface area contributed by atoms with Crippen molar-refractivity contribution in [3.8, 4) is 5.75 Å². The Morgan fingerprint density at radius 3 is 2.95 bits per heavy atom. The highest BCUT2D eigenvalue weighted by Gasteiger charge is 2.11. The van der Waals surface area contributed by atoms with E-state index in [4.69, 9.17) is 16.3 Å². The van der Waals surface area contributed by atoms with Gasteiger partial charge in [-0.3, -0.25) is 0 Å². The van der Waals surface area contributed by atoms with Crippen LogP contribution in [0.1, 0.15) is 11.4 Å². The molecule has 102 valence electrons. The van der Waals surface area contributed by atoms with Gasteiger partial charge in [0.25, 0.3) is 0 Å². The molecule has 20 heavy (non-hydrogen) atoms. The number of pyridine rings is 1. The van der Waals surface area contributed by atoms with Crippen LogP contribution in [0.5, 0.6) is 5.75 Å². The number of aromatic nitrogens is 3. The van der Waals surface area contributed by atoms with Crippen LogP contribution in [-0.2, 0) is 12.4 Å². The maximum absolute atomic E-state index is 5.99. The highest BCUT2D eigenvalue weighted by atomic mass is 35.5. The molecule has 4 nitrogen and oxygen atoms in total. The van der Waals surface area contributed by atoms with Crippen LogP contribution in [0.25, 0.3) is 11.2 Å². The Morgan fingerprint density at radius 1 is 1.25 bits per heavy atom. The van der Waals surface area contributed by atoms with E-state index in [0.29, 0.717) is 12.4 Å². The second-order valence-electron chi connectivity index (χ2n) is 4.45. The number of rotatable bonds is 4. The fourth-order valence-corrected chi connectivity index (χ4v) is 2.43. The van der Waals surface area contributed by atoms with Gasteiger partial charge in [-0.05, 0) is 29.8 Å². The summed E-state index contributed by atoms with van der Waals surface area (Å²) in [5, 5.41) is 0. The summed E-state index contributed by atoms with van der Waals surface area (Å²) < 4.78 is 7.29. The third-order valence-corrected chi connectivity index (χ3v) is 3.42. The van der Waals surface area contributed by atoms with Crippen LogP contribution in [0.15, 0.2) is 42.6 Å². The molecule has 0 fully saturated rings. The summed E-state index contributed by atoms with van der Waals surface area (Å²) in [6.07, 6.45) is 1.77. The number of hydrogen-bond acceptors (Lipinski definition) is 3. The molecule has 0 atom stereocenters. The molecule has 1 aromatic carbocycles. The van der Waals surface area contributed by atoms with Crippen LogP contribution in [0, 0.1) is 0 Å². The van der Waals surface area contributed by atoms with E-state index in [0.717, 1.165) is 28.3 Å². The Labute approximate surface area is 122 Å². The number of fused-ring (bicyclic) bond motifs is 1. The van der Waals surface area contributed by atoms with E-state index in [2.05, 4.69) is 16.0 Å². The van der Waals surface area contributed by atoms with E-state index in [1.54, 1.807) is 13.3 Å². The Kier molecular flexibility index (Phi) is 3.56. The van der Waals surface area contributed by atoms with Gasteiger partial charge in [0.05, 0.1) is 19.5 Å². The number of benzene rings is 1. The molecule has 3 rings (SSSR count). The molecule has 5 heteroatoms. The number of ether oxygens (including phenoxy) is 1. The van der Waals surface area contributed by atoms with Gasteiger partial charge in [-0.1, -0.05) is 12.1 Å². The molecule has 0 aliphatic rings. The number of nitrogens with zero attached hydrogens (tertiary/aromatic N) is 3. The molecule has 0 unspecified atom stereocenters. The summed E-state index contributed by atoms with van der Waals surface area (Å²) in [6.45, 7) is 0.673. The Morgan fingerprint density at radius 2 is 2.15 bits per heavy atom. The van der Waals surface area contributed by atoms with Gasteiger partial charge in [0.1, 0.15) is 17.1 Å². The third-order valence-electron chi connectivity index (χ3n) is 3.18. The first-order valence-electron chi connectivity index (χ1n) is 6.31. The summed E-state index contributed by atoms with van der Waals surface area (Å²) >= 11 is 5.99. The molecule has 0 bridgehead atoms. The highest BCUT2D eigenvalue weighted by molar-refractivity contribution is 6.16. The molecular formula is C15H14ClN3O. The average Bonchev–Trinajstić information content (AvgIpc) is 2.85. The van der Waals surface area contributed by atoms with Crippen molar-refractivity contribution in [1.29, 1.82) is 0 Å². The zero-order valence-corrected chi connectivity index (χ0v) is 11.8. The van der Waals surface area contributed by atoms with Crippen LogP contribution in [0.3, 0.4) is 0 Å². The molecule has 0 saturated carbocycles. The van der Waals surface area contributed by atoms with E-state index in [1.807, 2.05) is 34.9 Å². The molecule has 0 aliphatic heterocycles. The van der Waals surface area contributed by atoms with Gasteiger partial charge in [0.15, 0.2) is 5.65 Å². The first-order valence-corrected chi connectivity index (χ1v) is 6.84. The lowest BCUT2D eigenvalue weighted by Crippen LogP contribution is -2.04. The van der Waals surface area contributed by atoms with E-state index in [9.17, 15) is 0 Å². The number of hydrogen-bond donors (Lipinski definition) is 0. The van der Waals surface area contributed by atoms with Gasteiger partial charge < -0.3 is 9.30 Å². The number of alkyl halides is 1. The summed E-state index contributed by atoms with van der Waals surface area (Å²) in [5.41, 5.74) is 2.85. The predicted octanol–water partition coefficient (Wildman–Crippen LogP) is 3.23. The molecule has 0 radical (unpaired) electrons. The minimum atomic E-state index is 0.361. The maximum atomic E-state index is 5.99. The van der Waals surface area contributed by atoms with Crippen molar-refractivity contribution in [3.05, 3.63) is 54.0 Å². The largest absolute Gasteiger partial charge is 0.497 e. The first kappa shape index (κ1) is 12.9. The Hall–Kier alpha value is -2.07. The smallest absolute Gasteiger partial charge is 0.160 e. The summed E-state index contributed by atoms with van der Waals surface area (Å²) in [6, 6.07) is 11.8. The lowest BCUT2D eigenvalue weighted by atomic mass is 10.2. The first-order chi connectivity index (χ1) is 9.81. The molecule has 0 N–H and O–H groups in total. The Bertz CT molecular complexity index is 739. The molecule has 3 aromatic rings. The number of methoxy groups -OCH3 is 1. The molecule has 2 heterocycles. The van der Waals surface area contributed by atoms with Crippen molar-refractivity contribution in [2.24, 2.45) is 0 Å². The monoisotopic (exact) mass is 287 g/mol. The second-order valence-corrected chi connectivity index (χ2v) is 4.71. The van der Waals surface area contributed by atoms with Gasteiger partial charge in [-0.25, -0.2) is 9.97 Å². The van der Waals surface area contributed by atoms with Gasteiger partial charge in [0, 0.05) is 6.20 Å². The third kappa shape index (κ3) is 2.34. The lowest BCUT2D eigenvalue weighted by molar-refractivity contribution is 0.414. The highest BCUT2D eigenvalue weighted by Crippen LogP contribution is 2.19. The zero-order chi connectivity index (χ0) is 13.9. The predicted molar refractivity (Wildman–Crippen MR) is 79.2 cm³/mol. The van der Waals surface area contributed by atoms with Crippen molar-refractivity contribution in [2.75, 3.05) is 7.11 Å². The summed E-state index contributed by atoms with van der Waals surface area (Å²) in [4.78, 5) is 8.91. The SMILES string of the molecule is COc1cccc(Cn2c(CCl)nc3cccnc32)c1. The van der Waals surface area contributed by atoms with Crippen LogP contribution < -0.4 is 4.74 Å². The van der Waals surface area contributed by atoms with Crippen molar-refractivity contribution in [3.63, 3.8) is 0 Å². The Balaban J connectivity index is 2.04. The van der Waals surface area contributed by atoms with Gasteiger partial charge in [-0.2, -0.15) is 0 Å². The number of imidazole rings is 1.